The predicted octanol–water partition coefficient (Wildman–Crippen LogP) is 1.76. The third kappa shape index (κ3) is 5.08. The maximum absolute atomic E-state index is 10.3. The summed E-state index contributed by atoms with van der Waals surface area (Å²) in [6.07, 6.45) is -0.395. The van der Waals surface area contributed by atoms with Gasteiger partial charge in [0, 0.05) is 45.4 Å². The van der Waals surface area contributed by atoms with Gasteiger partial charge in [0.25, 0.3) is 0 Å². The van der Waals surface area contributed by atoms with E-state index in [-0.39, 0.29) is 0 Å². The highest BCUT2D eigenvalue weighted by Gasteiger charge is 2.24. The van der Waals surface area contributed by atoms with Crippen LogP contribution in [0.4, 0.5) is 0 Å². The highest BCUT2D eigenvalue weighted by Crippen LogP contribution is 2.16. The van der Waals surface area contributed by atoms with Crippen molar-refractivity contribution in [1.29, 1.82) is 0 Å². The van der Waals surface area contributed by atoms with Crippen molar-refractivity contribution >= 4 is 0 Å². The normalized spacial score (nSPS) is 22.3. The summed E-state index contributed by atoms with van der Waals surface area (Å²) in [5, 5.41) is 10.3. The second-order valence-electron chi connectivity index (χ2n) is 5.77. The summed E-state index contributed by atoms with van der Waals surface area (Å²) in [6, 6.07) is 10.4. The molecule has 1 aromatic carbocycles. The Kier molecular flexibility index (Phi) is 6.64. The zero-order chi connectivity index (χ0) is 15.1. The first kappa shape index (κ1) is 16.4. The molecule has 1 aromatic rings. The van der Waals surface area contributed by atoms with Crippen molar-refractivity contribution < 1.29 is 9.84 Å². The van der Waals surface area contributed by atoms with E-state index < -0.39 is 6.10 Å². The molecule has 0 bridgehead atoms. The average Bonchev–Trinajstić information content (AvgIpc) is 2.50. The first-order valence-electron chi connectivity index (χ1n) is 7.98. The number of aliphatic hydroxyl groups excluding tert-OH is 1. The van der Waals surface area contributed by atoms with Crippen LogP contribution < -0.4 is 0 Å². The molecular weight excluding hydrogens is 264 g/mol. The molecule has 0 unspecified atom stereocenters. The van der Waals surface area contributed by atoms with E-state index in [1.54, 1.807) is 0 Å². The number of hydrogen-bond acceptors (Lipinski definition) is 4. The molecule has 0 radical (unpaired) electrons. The molecule has 1 aliphatic rings. The van der Waals surface area contributed by atoms with E-state index in [0.717, 1.165) is 45.0 Å². The van der Waals surface area contributed by atoms with Crippen molar-refractivity contribution in [2.24, 2.45) is 0 Å². The minimum Gasteiger partial charge on any atom is -0.387 e. The van der Waals surface area contributed by atoms with Gasteiger partial charge in [0.1, 0.15) is 0 Å². The molecule has 0 aromatic heterocycles. The molecule has 118 valence electrons. The Morgan fingerprint density at radius 1 is 1.29 bits per heavy atom. The van der Waals surface area contributed by atoms with Gasteiger partial charge in [0.2, 0.25) is 0 Å². The number of ether oxygens (including phenoxy) is 1. The van der Waals surface area contributed by atoms with Crippen LogP contribution in [0.2, 0.25) is 0 Å². The molecule has 4 heteroatoms. The highest BCUT2D eigenvalue weighted by molar-refractivity contribution is 5.17. The van der Waals surface area contributed by atoms with Crippen molar-refractivity contribution in [2.75, 3.05) is 45.9 Å². The van der Waals surface area contributed by atoms with Crippen molar-refractivity contribution in [3.8, 4) is 0 Å². The van der Waals surface area contributed by atoms with Gasteiger partial charge in [-0.3, -0.25) is 9.80 Å². The molecule has 21 heavy (non-hydrogen) atoms. The Bertz CT molecular complexity index is 399. The number of β-amino-alcohol motifs (C(OH)–C–C–N with tert-alkyl or cyclic N) is 1. The molecule has 1 N–H and O–H groups in total. The molecule has 1 saturated heterocycles. The van der Waals surface area contributed by atoms with Crippen LogP contribution >= 0.6 is 0 Å². The van der Waals surface area contributed by atoms with Crippen LogP contribution in [-0.4, -0.2) is 66.9 Å². The Labute approximate surface area is 128 Å². The van der Waals surface area contributed by atoms with Gasteiger partial charge in [0.15, 0.2) is 0 Å². The number of benzene rings is 1. The van der Waals surface area contributed by atoms with Crippen molar-refractivity contribution in [3.05, 3.63) is 35.9 Å². The topological polar surface area (TPSA) is 35.9 Å². The summed E-state index contributed by atoms with van der Waals surface area (Å²) in [7, 11) is 0. The molecule has 2 rings (SSSR count). The fourth-order valence-electron chi connectivity index (χ4n) is 2.92. The minimum atomic E-state index is -0.395. The quantitative estimate of drug-likeness (QED) is 0.777. The Morgan fingerprint density at radius 2 is 2.05 bits per heavy atom. The maximum atomic E-state index is 10.3. The summed E-state index contributed by atoms with van der Waals surface area (Å²) >= 11 is 0. The molecular formula is C17H28N2O2. The Morgan fingerprint density at radius 3 is 2.71 bits per heavy atom. The van der Waals surface area contributed by atoms with E-state index in [2.05, 4.69) is 16.7 Å². The molecule has 1 fully saturated rings. The summed E-state index contributed by atoms with van der Waals surface area (Å²) < 4.78 is 5.44. The molecule has 1 heterocycles. The van der Waals surface area contributed by atoms with Crippen LogP contribution in [0.15, 0.2) is 30.3 Å². The molecule has 2 atom stereocenters. The van der Waals surface area contributed by atoms with Gasteiger partial charge < -0.3 is 9.84 Å². The van der Waals surface area contributed by atoms with E-state index in [9.17, 15) is 5.11 Å². The lowest BCUT2D eigenvalue weighted by molar-refractivity contribution is 0.0280. The van der Waals surface area contributed by atoms with E-state index in [1.165, 1.54) is 0 Å². The van der Waals surface area contributed by atoms with Gasteiger partial charge >= 0.3 is 0 Å². The lowest BCUT2D eigenvalue weighted by Crippen LogP contribution is -2.53. The molecule has 0 amide bonds. The fourth-order valence-corrected chi connectivity index (χ4v) is 2.92. The smallest absolute Gasteiger partial charge is 0.0916 e. The number of nitrogens with zero attached hydrogens (tertiary/aromatic N) is 2. The lowest BCUT2D eigenvalue weighted by Gasteiger charge is -2.40. The number of rotatable bonds is 7. The van der Waals surface area contributed by atoms with E-state index >= 15 is 0 Å². The van der Waals surface area contributed by atoms with Crippen LogP contribution in [0.3, 0.4) is 0 Å². The van der Waals surface area contributed by atoms with Gasteiger partial charge in [-0.15, -0.1) is 0 Å². The van der Waals surface area contributed by atoms with Crippen molar-refractivity contribution in [3.63, 3.8) is 0 Å². The number of aliphatic hydroxyl groups is 1. The molecule has 0 spiro atoms. The second-order valence-corrected chi connectivity index (χ2v) is 5.77. The van der Waals surface area contributed by atoms with E-state index in [4.69, 9.17) is 4.74 Å². The van der Waals surface area contributed by atoms with Crippen LogP contribution in [0.1, 0.15) is 25.5 Å². The van der Waals surface area contributed by atoms with Crippen LogP contribution in [-0.2, 0) is 4.74 Å². The summed E-state index contributed by atoms with van der Waals surface area (Å²) in [5.41, 5.74) is 1.00. The van der Waals surface area contributed by atoms with Crippen molar-refractivity contribution in [2.45, 2.75) is 26.0 Å². The Balaban J connectivity index is 1.77. The van der Waals surface area contributed by atoms with Gasteiger partial charge in [-0.05, 0) is 19.4 Å². The SMILES string of the molecule is CCOCCN1CCN(C[C@H](O)c2ccccc2)C[C@@H]1C. The standard InChI is InChI=1S/C17H28N2O2/c1-3-21-12-11-19-10-9-18(13-15(19)2)14-17(20)16-7-5-4-6-8-16/h4-8,15,17,20H,3,9-14H2,1-2H3/t15-,17-/m0/s1. The molecule has 1 aliphatic heterocycles. The molecule has 0 aliphatic carbocycles. The lowest BCUT2D eigenvalue weighted by atomic mass is 10.1. The molecule has 0 saturated carbocycles. The third-order valence-corrected chi connectivity index (χ3v) is 4.19. The number of piperazine rings is 1. The van der Waals surface area contributed by atoms with Crippen LogP contribution in [0, 0.1) is 0 Å². The van der Waals surface area contributed by atoms with Crippen LogP contribution in [0.25, 0.3) is 0 Å². The summed E-state index contributed by atoms with van der Waals surface area (Å²) in [5.74, 6) is 0. The Hall–Kier alpha value is -0.940. The zero-order valence-corrected chi connectivity index (χ0v) is 13.2. The van der Waals surface area contributed by atoms with Crippen LogP contribution in [0.5, 0.6) is 0 Å². The average molecular weight is 292 g/mol. The minimum absolute atomic E-state index is 0.395. The third-order valence-electron chi connectivity index (χ3n) is 4.19. The second kappa shape index (κ2) is 8.49. The molecule has 4 nitrogen and oxygen atoms in total. The monoisotopic (exact) mass is 292 g/mol. The predicted molar refractivity (Wildman–Crippen MR) is 85.4 cm³/mol. The number of hydrogen-bond donors (Lipinski definition) is 1. The fraction of sp³-hybridized carbons (Fsp3) is 0.647. The first-order chi connectivity index (χ1) is 10.2. The first-order valence-corrected chi connectivity index (χ1v) is 7.98. The van der Waals surface area contributed by atoms with E-state index in [0.29, 0.717) is 12.6 Å². The largest absolute Gasteiger partial charge is 0.387 e. The highest BCUT2D eigenvalue weighted by atomic mass is 16.5. The van der Waals surface area contributed by atoms with Gasteiger partial charge in [-0.25, -0.2) is 0 Å². The van der Waals surface area contributed by atoms with Gasteiger partial charge in [-0.2, -0.15) is 0 Å². The van der Waals surface area contributed by atoms with Gasteiger partial charge in [0.05, 0.1) is 12.7 Å². The maximum Gasteiger partial charge on any atom is 0.0916 e. The summed E-state index contributed by atoms with van der Waals surface area (Å²) in [6.45, 7) is 10.7. The summed E-state index contributed by atoms with van der Waals surface area (Å²) in [4.78, 5) is 4.83. The van der Waals surface area contributed by atoms with Crippen molar-refractivity contribution in [1.82, 2.24) is 9.80 Å². The van der Waals surface area contributed by atoms with Gasteiger partial charge in [-0.1, -0.05) is 30.3 Å². The zero-order valence-electron chi connectivity index (χ0n) is 13.2. The van der Waals surface area contributed by atoms with E-state index in [1.807, 2.05) is 37.3 Å².